The van der Waals surface area contributed by atoms with Crippen LogP contribution in [0.15, 0.2) is 36.4 Å². The molecule has 2 aromatic carbocycles. The summed E-state index contributed by atoms with van der Waals surface area (Å²) in [4.78, 5) is 11.3. The Bertz CT molecular complexity index is 621. The molecule has 0 aromatic heterocycles. The summed E-state index contributed by atoms with van der Waals surface area (Å²) in [6.07, 6.45) is 0. The van der Waals surface area contributed by atoms with Crippen molar-refractivity contribution < 1.29 is 18.3 Å². The third-order valence-corrected chi connectivity index (χ3v) is 2.48. The van der Waals surface area contributed by atoms with Crippen molar-refractivity contribution in [3.63, 3.8) is 0 Å². The smallest absolute Gasteiger partial charge is 0.162 e. The van der Waals surface area contributed by atoms with Crippen molar-refractivity contribution >= 4 is 11.5 Å². The number of nitrogens with two attached hydrogens (primary N) is 1. The number of hydrogen-bond acceptors (Lipinski definition) is 3. The largest absolute Gasteiger partial charge is 0.457 e. The van der Waals surface area contributed by atoms with E-state index in [1.165, 1.54) is 25.1 Å². The minimum absolute atomic E-state index is 0.0109. The molecular formula is C14H11F2NO2. The average Bonchev–Trinajstić information content (AvgIpc) is 2.30. The summed E-state index contributed by atoms with van der Waals surface area (Å²) in [5, 5.41) is 0. The molecule has 2 N–H and O–H groups in total. The van der Waals surface area contributed by atoms with Gasteiger partial charge in [0, 0.05) is 29.4 Å². The van der Waals surface area contributed by atoms with E-state index in [0.29, 0.717) is 11.3 Å². The van der Waals surface area contributed by atoms with E-state index in [1.807, 2.05) is 0 Å². The van der Waals surface area contributed by atoms with E-state index in [0.717, 1.165) is 18.2 Å². The third kappa shape index (κ3) is 3.07. The van der Waals surface area contributed by atoms with Crippen molar-refractivity contribution in [3.05, 3.63) is 53.6 Å². The molecular weight excluding hydrogens is 252 g/mol. The van der Waals surface area contributed by atoms with Gasteiger partial charge in [0.05, 0.1) is 0 Å². The molecule has 0 amide bonds. The number of hydrogen-bond donors (Lipinski definition) is 1. The summed E-state index contributed by atoms with van der Waals surface area (Å²) in [5.41, 5.74) is 6.26. The summed E-state index contributed by atoms with van der Waals surface area (Å²) in [6, 6.07) is 7.30. The number of halogens is 2. The van der Waals surface area contributed by atoms with Gasteiger partial charge in [-0.25, -0.2) is 8.78 Å². The minimum Gasteiger partial charge on any atom is -0.457 e. The number of benzene rings is 2. The second kappa shape index (κ2) is 5.06. The third-order valence-electron chi connectivity index (χ3n) is 2.48. The first kappa shape index (κ1) is 13.0. The number of rotatable bonds is 3. The lowest BCUT2D eigenvalue weighted by Crippen LogP contribution is -2.00. The Kier molecular flexibility index (Phi) is 3.46. The maximum Gasteiger partial charge on any atom is 0.162 e. The lowest BCUT2D eigenvalue weighted by Gasteiger charge is -2.08. The number of anilines is 1. The van der Waals surface area contributed by atoms with Gasteiger partial charge in [-0.05, 0) is 25.1 Å². The van der Waals surface area contributed by atoms with Gasteiger partial charge in [-0.3, -0.25) is 4.79 Å². The second-order valence-electron chi connectivity index (χ2n) is 4.01. The number of ether oxygens (including phenoxy) is 1. The Morgan fingerprint density at radius 1 is 1.05 bits per heavy atom. The molecule has 0 fully saturated rings. The summed E-state index contributed by atoms with van der Waals surface area (Å²) in [5.74, 6) is -1.40. The van der Waals surface area contributed by atoms with Crippen LogP contribution in [0, 0.1) is 11.6 Å². The van der Waals surface area contributed by atoms with Crippen LogP contribution in [0.25, 0.3) is 0 Å². The minimum atomic E-state index is -0.739. The monoisotopic (exact) mass is 263 g/mol. The van der Waals surface area contributed by atoms with Gasteiger partial charge in [-0.1, -0.05) is 0 Å². The molecule has 0 spiro atoms. The fourth-order valence-electron chi connectivity index (χ4n) is 1.63. The van der Waals surface area contributed by atoms with Gasteiger partial charge in [-0.15, -0.1) is 0 Å². The standard InChI is InChI=1S/C14H11F2NO2/c1-8(18)13-7-11(2-3-14(13)17)19-12-5-9(15)4-10(16)6-12/h2-7H,17H2,1H3. The lowest BCUT2D eigenvalue weighted by molar-refractivity contribution is 0.101. The predicted octanol–water partition coefficient (Wildman–Crippen LogP) is 3.54. The van der Waals surface area contributed by atoms with E-state index in [1.54, 1.807) is 0 Å². The maximum atomic E-state index is 13.0. The highest BCUT2D eigenvalue weighted by molar-refractivity contribution is 5.99. The van der Waals surface area contributed by atoms with Gasteiger partial charge >= 0.3 is 0 Å². The number of ketones is 1. The molecule has 0 bridgehead atoms. The first-order valence-electron chi connectivity index (χ1n) is 5.50. The van der Waals surface area contributed by atoms with Crippen molar-refractivity contribution in [1.29, 1.82) is 0 Å². The molecule has 0 saturated heterocycles. The van der Waals surface area contributed by atoms with Crippen LogP contribution in [0.4, 0.5) is 14.5 Å². The highest BCUT2D eigenvalue weighted by Gasteiger charge is 2.08. The van der Waals surface area contributed by atoms with Gasteiger partial charge in [0.15, 0.2) is 5.78 Å². The van der Waals surface area contributed by atoms with Crippen molar-refractivity contribution in [1.82, 2.24) is 0 Å². The highest BCUT2D eigenvalue weighted by Crippen LogP contribution is 2.26. The van der Waals surface area contributed by atoms with E-state index < -0.39 is 11.6 Å². The van der Waals surface area contributed by atoms with Crippen LogP contribution in [0.5, 0.6) is 11.5 Å². The first-order chi connectivity index (χ1) is 8.95. The molecule has 0 unspecified atom stereocenters. The topological polar surface area (TPSA) is 52.3 Å². The molecule has 5 heteroatoms. The van der Waals surface area contributed by atoms with E-state index in [2.05, 4.69) is 0 Å². The van der Waals surface area contributed by atoms with E-state index in [4.69, 9.17) is 10.5 Å². The summed E-state index contributed by atoms with van der Waals surface area (Å²) in [7, 11) is 0. The number of Topliss-reactive ketones (excluding diaryl/α,β-unsaturated/α-hetero) is 1. The van der Waals surface area contributed by atoms with E-state index in [9.17, 15) is 13.6 Å². The van der Waals surface area contributed by atoms with E-state index in [-0.39, 0.29) is 17.3 Å². The Hall–Kier alpha value is -2.43. The molecule has 2 rings (SSSR count). The summed E-state index contributed by atoms with van der Waals surface area (Å²) >= 11 is 0. The fraction of sp³-hybridized carbons (Fsp3) is 0.0714. The molecule has 19 heavy (non-hydrogen) atoms. The summed E-state index contributed by atoms with van der Waals surface area (Å²) in [6.45, 7) is 1.37. The molecule has 0 heterocycles. The van der Waals surface area contributed by atoms with Gasteiger partial charge < -0.3 is 10.5 Å². The first-order valence-corrected chi connectivity index (χ1v) is 5.50. The molecule has 0 aliphatic rings. The van der Waals surface area contributed by atoms with Crippen LogP contribution in [0.2, 0.25) is 0 Å². The summed E-state index contributed by atoms with van der Waals surface area (Å²) < 4.78 is 31.3. The zero-order valence-corrected chi connectivity index (χ0v) is 10.1. The number of carbonyl (C=O) groups is 1. The van der Waals surface area contributed by atoms with E-state index >= 15 is 0 Å². The quantitative estimate of drug-likeness (QED) is 0.680. The van der Waals surface area contributed by atoms with Crippen LogP contribution in [0.1, 0.15) is 17.3 Å². The zero-order valence-electron chi connectivity index (χ0n) is 10.1. The van der Waals surface area contributed by atoms with Crippen LogP contribution < -0.4 is 10.5 Å². The molecule has 2 aromatic rings. The molecule has 0 aliphatic carbocycles. The van der Waals surface area contributed by atoms with Gasteiger partial charge in [-0.2, -0.15) is 0 Å². The molecule has 98 valence electrons. The van der Waals surface area contributed by atoms with Gasteiger partial charge in [0.25, 0.3) is 0 Å². The van der Waals surface area contributed by atoms with Crippen LogP contribution in [-0.2, 0) is 0 Å². The van der Waals surface area contributed by atoms with Crippen molar-refractivity contribution in [2.45, 2.75) is 6.92 Å². The SMILES string of the molecule is CC(=O)c1cc(Oc2cc(F)cc(F)c2)ccc1N. The van der Waals surface area contributed by atoms with Gasteiger partial charge in [0.1, 0.15) is 23.1 Å². The molecule has 0 atom stereocenters. The predicted molar refractivity (Wildman–Crippen MR) is 67.3 cm³/mol. The Labute approximate surface area is 108 Å². The second-order valence-corrected chi connectivity index (χ2v) is 4.01. The normalized spacial score (nSPS) is 10.3. The highest BCUT2D eigenvalue weighted by atomic mass is 19.1. The zero-order chi connectivity index (χ0) is 14.0. The number of nitrogen functional groups attached to an aromatic ring is 1. The fourth-order valence-corrected chi connectivity index (χ4v) is 1.63. The molecule has 0 radical (unpaired) electrons. The average molecular weight is 263 g/mol. The Morgan fingerprint density at radius 3 is 2.26 bits per heavy atom. The molecule has 0 aliphatic heterocycles. The number of carbonyl (C=O) groups excluding carboxylic acids is 1. The maximum absolute atomic E-state index is 13.0. The lowest BCUT2D eigenvalue weighted by atomic mass is 10.1. The Balaban J connectivity index is 2.33. The Morgan fingerprint density at radius 2 is 1.68 bits per heavy atom. The molecule has 3 nitrogen and oxygen atoms in total. The van der Waals surface area contributed by atoms with Crippen LogP contribution in [-0.4, -0.2) is 5.78 Å². The van der Waals surface area contributed by atoms with Crippen LogP contribution >= 0.6 is 0 Å². The van der Waals surface area contributed by atoms with Crippen LogP contribution in [0.3, 0.4) is 0 Å². The van der Waals surface area contributed by atoms with Crippen molar-refractivity contribution in [2.75, 3.05) is 5.73 Å². The molecule has 0 saturated carbocycles. The van der Waals surface area contributed by atoms with Gasteiger partial charge in [0.2, 0.25) is 0 Å². The van der Waals surface area contributed by atoms with Crippen molar-refractivity contribution in [3.8, 4) is 11.5 Å². The van der Waals surface area contributed by atoms with Crippen molar-refractivity contribution in [2.24, 2.45) is 0 Å².